The van der Waals surface area contributed by atoms with Crippen LogP contribution in [0.1, 0.15) is 34.1 Å². The lowest BCUT2D eigenvalue weighted by Gasteiger charge is -2.16. The number of nitrogens with one attached hydrogen (secondary N) is 1. The Bertz CT molecular complexity index is 561. The molecule has 1 unspecified atom stereocenters. The standard InChI is InChI=1S/C14H16F2N2S/c1-4-17-13(14-18-8(2)9(3)19-14)11-6-5-10(15)7-12(11)16/h5-7,13,17H,4H2,1-3H3. The van der Waals surface area contributed by atoms with Crippen LogP contribution in [0.4, 0.5) is 8.78 Å². The zero-order chi connectivity index (χ0) is 14.0. The Morgan fingerprint density at radius 3 is 2.58 bits per heavy atom. The van der Waals surface area contributed by atoms with E-state index in [1.165, 1.54) is 23.5 Å². The summed E-state index contributed by atoms with van der Waals surface area (Å²) in [5.74, 6) is -1.11. The monoisotopic (exact) mass is 282 g/mol. The molecule has 102 valence electrons. The molecule has 0 saturated carbocycles. The van der Waals surface area contributed by atoms with E-state index in [0.717, 1.165) is 21.6 Å². The number of thiazole rings is 1. The second-order valence-electron chi connectivity index (χ2n) is 4.35. The molecular formula is C14H16F2N2S. The van der Waals surface area contributed by atoms with E-state index in [4.69, 9.17) is 0 Å². The van der Waals surface area contributed by atoms with Crippen molar-refractivity contribution in [3.63, 3.8) is 0 Å². The van der Waals surface area contributed by atoms with Crippen LogP contribution in [-0.4, -0.2) is 11.5 Å². The summed E-state index contributed by atoms with van der Waals surface area (Å²) in [4.78, 5) is 5.58. The fraction of sp³-hybridized carbons (Fsp3) is 0.357. The summed E-state index contributed by atoms with van der Waals surface area (Å²) in [6.07, 6.45) is 0. The second kappa shape index (κ2) is 5.75. The summed E-state index contributed by atoms with van der Waals surface area (Å²) in [5.41, 5.74) is 1.38. The first-order valence-corrected chi connectivity index (χ1v) is 6.96. The van der Waals surface area contributed by atoms with Gasteiger partial charge in [0.15, 0.2) is 0 Å². The summed E-state index contributed by atoms with van der Waals surface area (Å²) < 4.78 is 26.9. The van der Waals surface area contributed by atoms with Crippen LogP contribution in [-0.2, 0) is 0 Å². The number of rotatable bonds is 4. The highest BCUT2D eigenvalue weighted by atomic mass is 32.1. The smallest absolute Gasteiger partial charge is 0.131 e. The normalized spacial score (nSPS) is 12.7. The molecule has 0 saturated heterocycles. The first-order chi connectivity index (χ1) is 9.02. The molecular weight excluding hydrogens is 266 g/mol. The lowest BCUT2D eigenvalue weighted by Crippen LogP contribution is -2.23. The van der Waals surface area contributed by atoms with Crippen LogP contribution in [0.3, 0.4) is 0 Å². The first-order valence-electron chi connectivity index (χ1n) is 6.15. The molecule has 0 aliphatic carbocycles. The number of nitrogens with zero attached hydrogens (tertiary/aromatic N) is 1. The molecule has 0 radical (unpaired) electrons. The number of halogens is 2. The van der Waals surface area contributed by atoms with Gasteiger partial charge in [-0.1, -0.05) is 13.0 Å². The van der Waals surface area contributed by atoms with Crippen molar-refractivity contribution in [3.05, 3.63) is 51.0 Å². The predicted octanol–water partition coefficient (Wildman–Crippen LogP) is 3.74. The van der Waals surface area contributed by atoms with Gasteiger partial charge in [0.1, 0.15) is 16.6 Å². The number of hydrogen-bond donors (Lipinski definition) is 1. The highest BCUT2D eigenvalue weighted by Crippen LogP contribution is 2.29. The van der Waals surface area contributed by atoms with Crippen LogP contribution in [0.15, 0.2) is 18.2 Å². The molecule has 0 spiro atoms. The van der Waals surface area contributed by atoms with Crippen molar-refractivity contribution in [2.45, 2.75) is 26.8 Å². The quantitative estimate of drug-likeness (QED) is 0.924. The second-order valence-corrected chi connectivity index (χ2v) is 5.58. The van der Waals surface area contributed by atoms with E-state index >= 15 is 0 Å². The van der Waals surface area contributed by atoms with Gasteiger partial charge >= 0.3 is 0 Å². The van der Waals surface area contributed by atoms with Crippen LogP contribution < -0.4 is 5.32 Å². The van der Waals surface area contributed by atoms with E-state index < -0.39 is 11.6 Å². The summed E-state index contributed by atoms with van der Waals surface area (Å²) in [6.45, 7) is 6.54. The van der Waals surface area contributed by atoms with Crippen molar-refractivity contribution in [1.82, 2.24) is 10.3 Å². The van der Waals surface area contributed by atoms with Gasteiger partial charge in [0, 0.05) is 16.5 Å². The van der Waals surface area contributed by atoms with E-state index in [-0.39, 0.29) is 6.04 Å². The van der Waals surface area contributed by atoms with Crippen molar-refractivity contribution in [2.24, 2.45) is 0 Å². The molecule has 1 heterocycles. The van der Waals surface area contributed by atoms with E-state index in [9.17, 15) is 8.78 Å². The number of aromatic nitrogens is 1. The van der Waals surface area contributed by atoms with Crippen LogP contribution in [0.2, 0.25) is 0 Å². The van der Waals surface area contributed by atoms with Crippen LogP contribution in [0.5, 0.6) is 0 Å². The Labute approximate surface area is 115 Å². The van der Waals surface area contributed by atoms with Gasteiger partial charge in [-0.3, -0.25) is 0 Å². The average Bonchev–Trinajstić information content (AvgIpc) is 2.67. The highest BCUT2D eigenvalue weighted by Gasteiger charge is 2.21. The third kappa shape index (κ3) is 2.98. The molecule has 2 rings (SSSR count). The predicted molar refractivity (Wildman–Crippen MR) is 73.5 cm³/mol. The topological polar surface area (TPSA) is 24.9 Å². The molecule has 1 atom stereocenters. The van der Waals surface area contributed by atoms with E-state index in [1.807, 2.05) is 20.8 Å². The van der Waals surface area contributed by atoms with E-state index in [2.05, 4.69) is 10.3 Å². The lowest BCUT2D eigenvalue weighted by molar-refractivity contribution is 0.540. The van der Waals surface area contributed by atoms with Gasteiger partial charge < -0.3 is 5.32 Å². The average molecular weight is 282 g/mol. The van der Waals surface area contributed by atoms with Gasteiger partial charge in [-0.25, -0.2) is 13.8 Å². The molecule has 0 aliphatic rings. The van der Waals surface area contributed by atoms with Crippen molar-refractivity contribution in [1.29, 1.82) is 0 Å². The van der Waals surface area contributed by atoms with Crippen LogP contribution >= 0.6 is 11.3 Å². The van der Waals surface area contributed by atoms with Gasteiger partial charge in [-0.15, -0.1) is 11.3 Å². The van der Waals surface area contributed by atoms with E-state index in [1.54, 1.807) is 0 Å². The van der Waals surface area contributed by atoms with Crippen molar-refractivity contribution < 1.29 is 8.78 Å². The van der Waals surface area contributed by atoms with Crippen LogP contribution in [0, 0.1) is 25.5 Å². The van der Waals surface area contributed by atoms with Crippen molar-refractivity contribution >= 4 is 11.3 Å². The summed E-state index contributed by atoms with van der Waals surface area (Å²) in [6, 6.07) is 3.33. The number of hydrogen-bond acceptors (Lipinski definition) is 3. The first kappa shape index (κ1) is 14.1. The molecule has 5 heteroatoms. The van der Waals surface area contributed by atoms with Gasteiger partial charge in [-0.2, -0.15) is 0 Å². The highest BCUT2D eigenvalue weighted by molar-refractivity contribution is 7.11. The maximum Gasteiger partial charge on any atom is 0.131 e. The fourth-order valence-electron chi connectivity index (χ4n) is 1.89. The molecule has 1 aromatic carbocycles. The molecule has 1 aromatic heterocycles. The van der Waals surface area contributed by atoms with Crippen molar-refractivity contribution in [2.75, 3.05) is 6.54 Å². The largest absolute Gasteiger partial charge is 0.304 e. The Balaban J connectivity index is 2.44. The molecule has 19 heavy (non-hydrogen) atoms. The van der Waals surface area contributed by atoms with Gasteiger partial charge in [0.2, 0.25) is 0 Å². The molecule has 2 nitrogen and oxygen atoms in total. The Morgan fingerprint density at radius 2 is 2.05 bits per heavy atom. The van der Waals surface area contributed by atoms with Gasteiger partial charge in [-0.05, 0) is 26.5 Å². The SMILES string of the molecule is CCNC(c1nc(C)c(C)s1)c1ccc(F)cc1F. The third-order valence-electron chi connectivity index (χ3n) is 2.97. The maximum absolute atomic E-state index is 13.9. The van der Waals surface area contributed by atoms with Crippen molar-refractivity contribution in [3.8, 4) is 0 Å². The zero-order valence-corrected chi connectivity index (χ0v) is 11.9. The molecule has 0 amide bonds. The Hall–Kier alpha value is -1.33. The van der Waals surface area contributed by atoms with Gasteiger partial charge in [0.25, 0.3) is 0 Å². The Morgan fingerprint density at radius 1 is 1.32 bits per heavy atom. The molecule has 0 bridgehead atoms. The molecule has 0 aliphatic heterocycles. The number of benzene rings is 1. The maximum atomic E-state index is 13.9. The van der Waals surface area contributed by atoms with Gasteiger partial charge in [0.05, 0.1) is 11.7 Å². The van der Waals surface area contributed by atoms with Crippen LogP contribution in [0.25, 0.3) is 0 Å². The minimum atomic E-state index is -0.567. The summed E-state index contributed by atoms with van der Waals surface area (Å²) in [7, 11) is 0. The lowest BCUT2D eigenvalue weighted by atomic mass is 10.1. The number of aryl methyl sites for hydroxylation is 2. The zero-order valence-electron chi connectivity index (χ0n) is 11.1. The molecule has 1 N–H and O–H groups in total. The third-order valence-corrected chi connectivity index (χ3v) is 4.11. The molecule has 0 fully saturated rings. The Kier molecular flexibility index (Phi) is 4.27. The van der Waals surface area contributed by atoms with E-state index in [0.29, 0.717) is 12.1 Å². The minimum absolute atomic E-state index is 0.331. The fourth-order valence-corrected chi connectivity index (χ4v) is 2.91. The molecule has 2 aromatic rings. The summed E-state index contributed by atoms with van der Waals surface area (Å²) in [5, 5.41) is 4.01. The minimum Gasteiger partial charge on any atom is -0.304 e. The summed E-state index contributed by atoms with van der Waals surface area (Å²) >= 11 is 1.54.